The first-order valence-corrected chi connectivity index (χ1v) is 12.1. The van der Waals surface area contributed by atoms with Crippen LogP contribution in [-0.2, 0) is 11.3 Å². The minimum Gasteiger partial charge on any atom is -0.497 e. The Labute approximate surface area is 209 Å². The zero-order valence-corrected chi connectivity index (χ0v) is 21.0. The summed E-state index contributed by atoms with van der Waals surface area (Å²) in [5.74, 6) is 2.09. The van der Waals surface area contributed by atoms with Crippen LogP contribution in [0.1, 0.15) is 12.5 Å². The van der Waals surface area contributed by atoms with Crippen LogP contribution in [0.15, 0.2) is 84.0 Å². The Bertz CT molecular complexity index is 1280. The summed E-state index contributed by atoms with van der Waals surface area (Å²) in [6.45, 7) is 2.44. The fraction of sp³-hybridized carbons (Fsp3) is 0.222. The van der Waals surface area contributed by atoms with E-state index in [9.17, 15) is 4.79 Å². The van der Waals surface area contributed by atoms with Gasteiger partial charge in [-0.3, -0.25) is 9.36 Å². The number of amides is 1. The highest BCUT2D eigenvalue weighted by Gasteiger charge is 2.25. The third kappa shape index (κ3) is 5.49. The first-order chi connectivity index (χ1) is 17.0. The number of nitrogens with zero attached hydrogens (tertiary/aromatic N) is 4. The van der Waals surface area contributed by atoms with Gasteiger partial charge in [-0.1, -0.05) is 54.2 Å². The van der Waals surface area contributed by atoms with Crippen molar-refractivity contribution in [2.24, 2.45) is 0 Å². The summed E-state index contributed by atoms with van der Waals surface area (Å²) in [5, 5.41) is 9.22. The Balaban J connectivity index is 1.66. The van der Waals surface area contributed by atoms with Gasteiger partial charge in [-0.2, -0.15) is 0 Å². The van der Waals surface area contributed by atoms with E-state index in [1.54, 1.807) is 19.1 Å². The first kappa shape index (κ1) is 24.3. The molecule has 0 saturated carbocycles. The smallest absolute Gasteiger partial charge is 0.235 e. The summed E-state index contributed by atoms with van der Waals surface area (Å²) in [6, 6.07) is 25.3. The fourth-order valence-electron chi connectivity index (χ4n) is 3.77. The molecule has 0 saturated heterocycles. The summed E-state index contributed by atoms with van der Waals surface area (Å²) < 4.78 is 12.8. The predicted octanol–water partition coefficient (Wildman–Crippen LogP) is 5.09. The molecule has 0 spiro atoms. The number of para-hydroxylation sites is 1. The quantitative estimate of drug-likeness (QED) is 0.306. The lowest BCUT2D eigenvalue weighted by atomic mass is 10.2. The van der Waals surface area contributed by atoms with E-state index < -0.39 is 0 Å². The Morgan fingerprint density at radius 1 is 0.943 bits per heavy atom. The summed E-state index contributed by atoms with van der Waals surface area (Å²) >= 11 is 1.38. The molecular formula is C27H28N4O3S. The van der Waals surface area contributed by atoms with Crippen LogP contribution >= 0.6 is 11.8 Å². The van der Waals surface area contributed by atoms with Crippen LogP contribution in [0.4, 0.5) is 0 Å². The number of ether oxygens (including phenoxy) is 2. The number of carbonyl (C=O) groups is 1. The van der Waals surface area contributed by atoms with Crippen molar-refractivity contribution in [1.82, 2.24) is 19.7 Å². The zero-order chi connectivity index (χ0) is 24.8. The zero-order valence-electron chi connectivity index (χ0n) is 20.2. The second kappa shape index (κ2) is 11.1. The highest BCUT2D eigenvalue weighted by Crippen LogP contribution is 2.35. The van der Waals surface area contributed by atoms with Crippen molar-refractivity contribution >= 4 is 17.7 Å². The topological polar surface area (TPSA) is 69.5 Å². The van der Waals surface area contributed by atoms with Gasteiger partial charge in [0, 0.05) is 13.6 Å². The normalized spacial score (nSPS) is 11.7. The molecule has 180 valence electrons. The maximum atomic E-state index is 13.2. The van der Waals surface area contributed by atoms with Crippen molar-refractivity contribution in [2.45, 2.75) is 23.9 Å². The van der Waals surface area contributed by atoms with Gasteiger partial charge < -0.3 is 14.4 Å². The monoisotopic (exact) mass is 488 g/mol. The van der Waals surface area contributed by atoms with Gasteiger partial charge in [0.05, 0.1) is 30.7 Å². The minimum atomic E-state index is -0.365. The molecule has 1 heterocycles. The van der Waals surface area contributed by atoms with Gasteiger partial charge in [-0.15, -0.1) is 10.2 Å². The van der Waals surface area contributed by atoms with E-state index in [1.165, 1.54) is 11.8 Å². The summed E-state index contributed by atoms with van der Waals surface area (Å²) in [6.07, 6.45) is 0. The van der Waals surface area contributed by atoms with Gasteiger partial charge in [0.15, 0.2) is 11.0 Å². The molecule has 4 aromatic rings. The molecule has 0 aliphatic rings. The molecule has 0 bridgehead atoms. The van der Waals surface area contributed by atoms with Gasteiger partial charge in [-0.25, -0.2) is 0 Å². The van der Waals surface area contributed by atoms with E-state index in [0.29, 0.717) is 23.3 Å². The lowest BCUT2D eigenvalue weighted by Gasteiger charge is -2.21. The summed E-state index contributed by atoms with van der Waals surface area (Å²) in [5.41, 5.74) is 2.75. The van der Waals surface area contributed by atoms with Crippen molar-refractivity contribution in [1.29, 1.82) is 0 Å². The molecular weight excluding hydrogens is 460 g/mol. The maximum absolute atomic E-state index is 13.2. The number of aromatic nitrogens is 3. The van der Waals surface area contributed by atoms with Crippen LogP contribution in [-0.4, -0.2) is 52.1 Å². The number of hydrogen-bond acceptors (Lipinski definition) is 6. The second-order valence-electron chi connectivity index (χ2n) is 7.98. The van der Waals surface area contributed by atoms with E-state index in [0.717, 1.165) is 22.6 Å². The molecule has 35 heavy (non-hydrogen) atoms. The van der Waals surface area contributed by atoms with E-state index in [2.05, 4.69) is 10.2 Å². The molecule has 1 unspecified atom stereocenters. The highest BCUT2D eigenvalue weighted by atomic mass is 32.2. The molecule has 1 atom stereocenters. The SMILES string of the molecule is COc1ccc(-n2c(SC(C)C(=O)N(C)Cc3ccccc3)nnc2-c2ccccc2OC)cc1. The molecule has 1 aromatic heterocycles. The molecule has 3 aromatic carbocycles. The molecule has 1 amide bonds. The van der Waals surface area contributed by atoms with Crippen LogP contribution in [0.5, 0.6) is 11.5 Å². The maximum Gasteiger partial charge on any atom is 0.235 e. The molecule has 0 aliphatic carbocycles. The average molecular weight is 489 g/mol. The fourth-order valence-corrected chi connectivity index (χ4v) is 4.75. The van der Waals surface area contributed by atoms with E-state index in [4.69, 9.17) is 9.47 Å². The van der Waals surface area contributed by atoms with Crippen molar-refractivity contribution in [3.63, 3.8) is 0 Å². The van der Waals surface area contributed by atoms with Gasteiger partial charge in [0.2, 0.25) is 5.91 Å². The van der Waals surface area contributed by atoms with Gasteiger partial charge in [-0.05, 0) is 48.9 Å². The molecule has 8 heteroatoms. The van der Waals surface area contributed by atoms with Crippen molar-refractivity contribution < 1.29 is 14.3 Å². The Kier molecular flexibility index (Phi) is 7.72. The molecule has 0 radical (unpaired) electrons. The molecule has 4 rings (SSSR count). The number of methoxy groups -OCH3 is 2. The van der Waals surface area contributed by atoms with Crippen molar-refractivity contribution in [3.8, 4) is 28.6 Å². The highest BCUT2D eigenvalue weighted by molar-refractivity contribution is 8.00. The minimum absolute atomic E-state index is 0.0157. The summed E-state index contributed by atoms with van der Waals surface area (Å²) in [4.78, 5) is 14.9. The Morgan fingerprint density at radius 3 is 2.31 bits per heavy atom. The predicted molar refractivity (Wildman–Crippen MR) is 138 cm³/mol. The lowest BCUT2D eigenvalue weighted by Crippen LogP contribution is -2.32. The Hall–Kier alpha value is -3.78. The molecule has 7 nitrogen and oxygen atoms in total. The van der Waals surface area contributed by atoms with Crippen LogP contribution < -0.4 is 9.47 Å². The van der Waals surface area contributed by atoms with Crippen LogP contribution in [0.3, 0.4) is 0 Å². The van der Waals surface area contributed by atoms with Gasteiger partial charge in [0.25, 0.3) is 0 Å². The first-order valence-electron chi connectivity index (χ1n) is 11.2. The molecule has 0 aliphatic heterocycles. The second-order valence-corrected chi connectivity index (χ2v) is 9.29. The molecule has 0 fully saturated rings. The van der Waals surface area contributed by atoms with E-state index in [-0.39, 0.29) is 11.2 Å². The van der Waals surface area contributed by atoms with Gasteiger partial charge in [0.1, 0.15) is 11.5 Å². The summed E-state index contributed by atoms with van der Waals surface area (Å²) in [7, 11) is 5.08. The standard InChI is InChI=1S/C27H28N4O3S/c1-19(26(32)30(2)18-20-10-6-5-7-11-20)35-27-29-28-25(23-12-8-9-13-24(23)34-4)31(27)21-14-16-22(33-3)17-15-21/h5-17,19H,18H2,1-4H3. The number of rotatable bonds is 9. The van der Waals surface area contributed by atoms with Crippen molar-refractivity contribution in [2.75, 3.05) is 21.3 Å². The van der Waals surface area contributed by atoms with Crippen LogP contribution in [0, 0.1) is 0 Å². The Morgan fingerprint density at radius 2 is 1.63 bits per heavy atom. The lowest BCUT2D eigenvalue weighted by molar-refractivity contribution is -0.129. The number of thioether (sulfide) groups is 1. The third-order valence-corrected chi connectivity index (χ3v) is 6.61. The number of benzene rings is 3. The van der Waals surface area contributed by atoms with E-state index >= 15 is 0 Å². The number of hydrogen-bond donors (Lipinski definition) is 0. The third-order valence-electron chi connectivity index (χ3n) is 5.58. The van der Waals surface area contributed by atoms with Crippen LogP contribution in [0.2, 0.25) is 0 Å². The van der Waals surface area contributed by atoms with E-state index in [1.807, 2.05) is 97.4 Å². The molecule has 0 N–H and O–H groups in total. The van der Waals surface area contributed by atoms with Crippen LogP contribution in [0.25, 0.3) is 17.1 Å². The number of carbonyl (C=O) groups excluding carboxylic acids is 1. The largest absolute Gasteiger partial charge is 0.497 e. The average Bonchev–Trinajstić information content (AvgIpc) is 3.31. The van der Waals surface area contributed by atoms with Gasteiger partial charge >= 0.3 is 0 Å². The van der Waals surface area contributed by atoms with Crippen molar-refractivity contribution in [3.05, 3.63) is 84.4 Å².